The number of carbonyl (C=O) groups is 5. The summed E-state index contributed by atoms with van der Waals surface area (Å²) in [6.07, 6.45) is 0.0379. The number of imide groups is 1. The second-order valence-corrected chi connectivity index (χ2v) is 9.28. The zero-order valence-electron chi connectivity index (χ0n) is 19.2. The summed E-state index contributed by atoms with van der Waals surface area (Å²) in [5.41, 5.74) is 7.22. The number of nitrogens with two attached hydrogens (primary N) is 1. The Balaban J connectivity index is 1.32. The number of esters is 1. The smallest absolute Gasteiger partial charge is 0.338 e. The van der Waals surface area contributed by atoms with Crippen molar-refractivity contribution in [2.24, 2.45) is 0 Å². The summed E-state index contributed by atoms with van der Waals surface area (Å²) in [6, 6.07) is 18.3. The van der Waals surface area contributed by atoms with Crippen LogP contribution in [0, 0.1) is 0 Å². The highest BCUT2D eigenvalue weighted by atomic mass is 32.2. The zero-order valence-corrected chi connectivity index (χ0v) is 20.1. The quantitative estimate of drug-likeness (QED) is 0.231. The monoisotopic (exact) mass is 519 g/mol. The van der Waals surface area contributed by atoms with E-state index in [1.165, 1.54) is 60.3 Å². The van der Waals surface area contributed by atoms with Crippen molar-refractivity contribution in [1.29, 1.82) is 0 Å². The van der Waals surface area contributed by atoms with Gasteiger partial charge in [0, 0.05) is 22.7 Å². The predicted octanol–water partition coefficient (Wildman–Crippen LogP) is 3.19. The summed E-state index contributed by atoms with van der Waals surface area (Å²) < 4.78 is 5.02. The van der Waals surface area contributed by atoms with E-state index in [-0.39, 0.29) is 29.4 Å². The molecule has 11 heteroatoms. The standard InChI is InChI=1S/C26H21N3O7S/c27-17-2-1-3-20(12-17)37-21-13-23(31)29(24(21)32)19-10-6-16(7-11-19)26(35)36-14-22(30)28-18-8-4-15(5-9-18)25(33)34/h1-12,21H,13-14,27H2,(H,28,30)(H,33,34). The van der Waals surface area contributed by atoms with Gasteiger partial charge in [0.1, 0.15) is 0 Å². The van der Waals surface area contributed by atoms with Crippen molar-refractivity contribution in [2.45, 2.75) is 16.6 Å². The van der Waals surface area contributed by atoms with Crippen LogP contribution in [0.25, 0.3) is 0 Å². The SMILES string of the molecule is Nc1cccc(SC2CC(=O)N(c3ccc(C(=O)OCC(=O)Nc4ccc(C(=O)O)cc4)cc3)C2=O)c1. The maximum absolute atomic E-state index is 12.9. The van der Waals surface area contributed by atoms with E-state index < -0.39 is 29.7 Å². The number of benzene rings is 3. The van der Waals surface area contributed by atoms with Crippen LogP contribution in [0.15, 0.2) is 77.7 Å². The lowest BCUT2D eigenvalue weighted by Gasteiger charge is -2.15. The molecule has 1 saturated heterocycles. The van der Waals surface area contributed by atoms with Gasteiger partial charge in [-0.05, 0) is 66.7 Å². The average molecular weight is 520 g/mol. The molecule has 1 heterocycles. The molecular weight excluding hydrogens is 498 g/mol. The average Bonchev–Trinajstić information content (AvgIpc) is 3.15. The molecule has 1 aliphatic rings. The summed E-state index contributed by atoms with van der Waals surface area (Å²) in [7, 11) is 0. The molecule has 4 N–H and O–H groups in total. The number of anilines is 3. The molecule has 3 amide bonds. The Bertz CT molecular complexity index is 1370. The fraction of sp³-hybridized carbons (Fsp3) is 0.115. The molecule has 188 valence electrons. The molecular formula is C26H21N3O7S. The lowest BCUT2D eigenvalue weighted by molar-refractivity contribution is -0.121. The summed E-state index contributed by atoms with van der Waals surface area (Å²) in [6.45, 7) is -0.562. The van der Waals surface area contributed by atoms with Gasteiger partial charge in [-0.3, -0.25) is 14.4 Å². The third-order valence-electron chi connectivity index (χ3n) is 5.35. The van der Waals surface area contributed by atoms with Crippen LogP contribution in [-0.2, 0) is 19.1 Å². The molecule has 0 aliphatic carbocycles. The van der Waals surface area contributed by atoms with E-state index in [2.05, 4.69) is 5.32 Å². The first-order valence-electron chi connectivity index (χ1n) is 11.0. The number of nitrogen functional groups attached to an aromatic ring is 1. The van der Waals surface area contributed by atoms with Gasteiger partial charge in [0.25, 0.3) is 5.91 Å². The summed E-state index contributed by atoms with van der Waals surface area (Å²) in [5.74, 6) is -3.18. The van der Waals surface area contributed by atoms with Gasteiger partial charge in [-0.25, -0.2) is 14.5 Å². The van der Waals surface area contributed by atoms with Crippen LogP contribution in [0.4, 0.5) is 17.1 Å². The Kier molecular flexibility index (Phi) is 7.54. The molecule has 0 saturated carbocycles. The van der Waals surface area contributed by atoms with E-state index in [0.29, 0.717) is 17.1 Å². The number of aromatic carboxylic acids is 1. The lowest BCUT2D eigenvalue weighted by Crippen LogP contribution is -2.31. The maximum atomic E-state index is 12.9. The minimum Gasteiger partial charge on any atom is -0.478 e. The first kappa shape index (κ1) is 25.5. The number of hydrogen-bond acceptors (Lipinski definition) is 8. The Labute approximate surface area is 215 Å². The van der Waals surface area contributed by atoms with E-state index in [1.54, 1.807) is 18.2 Å². The molecule has 3 aromatic carbocycles. The number of amides is 3. The van der Waals surface area contributed by atoms with Crippen LogP contribution in [0.1, 0.15) is 27.1 Å². The van der Waals surface area contributed by atoms with Crippen molar-refractivity contribution in [1.82, 2.24) is 0 Å². The van der Waals surface area contributed by atoms with Crippen LogP contribution in [-0.4, -0.2) is 46.6 Å². The molecule has 1 atom stereocenters. The Morgan fingerprint density at radius 1 is 1.00 bits per heavy atom. The highest BCUT2D eigenvalue weighted by Gasteiger charge is 2.40. The maximum Gasteiger partial charge on any atom is 0.338 e. The second-order valence-electron chi connectivity index (χ2n) is 8.00. The Morgan fingerprint density at radius 2 is 1.68 bits per heavy atom. The number of nitrogens with one attached hydrogen (secondary N) is 1. The van der Waals surface area contributed by atoms with Gasteiger partial charge in [0.15, 0.2) is 6.61 Å². The Hall–Kier alpha value is -4.64. The molecule has 1 unspecified atom stereocenters. The fourth-order valence-corrected chi connectivity index (χ4v) is 4.70. The van der Waals surface area contributed by atoms with Crippen LogP contribution < -0.4 is 16.0 Å². The molecule has 10 nitrogen and oxygen atoms in total. The van der Waals surface area contributed by atoms with Crippen LogP contribution in [0.3, 0.4) is 0 Å². The minimum absolute atomic E-state index is 0.0379. The molecule has 0 bridgehead atoms. The third kappa shape index (κ3) is 6.14. The zero-order chi connectivity index (χ0) is 26.5. The number of carboxylic acids is 1. The largest absolute Gasteiger partial charge is 0.478 e. The van der Waals surface area contributed by atoms with E-state index in [0.717, 1.165) is 9.80 Å². The van der Waals surface area contributed by atoms with Gasteiger partial charge in [-0.15, -0.1) is 11.8 Å². The molecule has 0 radical (unpaired) electrons. The topological polar surface area (TPSA) is 156 Å². The van der Waals surface area contributed by atoms with Gasteiger partial charge in [0.05, 0.1) is 22.1 Å². The molecule has 0 aromatic heterocycles. The molecule has 1 fully saturated rings. The van der Waals surface area contributed by atoms with Crippen molar-refractivity contribution in [3.8, 4) is 0 Å². The highest BCUT2D eigenvalue weighted by molar-refractivity contribution is 8.00. The van der Waals surface area contributed by atoms with E-state index in [9.17, 15) is 24.0 Å². The molecule has 37 heavy (non-hydrogen) atoms. The van der Waals surface area contributed by atoms with Gasteiger partial charge >= 0.3 is 11.9 Å². The number of nitrogens with zero attached hydrogens (tertiary/aromatic N) is 1. The van der Waals surface area contributed by atoms with E-state index in [1.807, 2.05) is 6.07 Å². The number of carbonyl (C=O) groups excluding carboxylic acids is 4. The number of ether oxygens (including phenoxy) is 1. The van der Waals surface area contributed by atoms with Crippen molar-refractivity contribution >= 4 is 58.5 Å². The van der Waals surface area contributed by atoms with Gasteiger partial charge in [-0.1, -0.05) is 6.07 Å². The normalized spacial score (nSPS) is 14.9. The summed E-state index contributed by atoms with van der Waals surface area (Å²) in [4.78, 5) is 62.6. The lowest BCUT2D eigenvalue weighted by atomic mass is 10.2. The number of rotatable bonds is 8. The third-order valence-corrected chi connectivity index (χ3v) is 6.53. The van der Waals surface area contributed by atoms with Gasteiger partial charge in [-0.2, -0.15) is 0 Å². The molecule has 4 rings (SSSR count). The van der Waals surface area contributed by atoms with Crippen molar-refractivity contribution in [2.75, 3.05) is 22.6 Å². The van der Waals surface area contributed by atoms with Crippen molar-refractivity contribution in [3.05, 3.63) is 83.9 Å². The van der Waals surface area contributed by atoms with Crippen LogP contribution in [0.5, 0.6) is 0 Å². The second kappa shape index (κ2) is 11.0. The summed E-state index contributed by atoms with van der Waals surface area (Å²) >= 11 is 1.27. The number of hydrogen-bond donors (Lipinski definition) is 3. The molecule has 0 spiro atoms. The fourth-order valence-electron chi connectivity index (χ4n) is 3.57. The van der Waals surface area contributed by atoms with Gasteiger partial charge in [0.2, 0.25) is 11.8 Å². The van der Waals surface area contributed by atoms with Crippen LogP contribution >= 0.6 is 11.8 Å². The Morgan fingerprint density at radius 3 is 2.32 bits per heavy atom. The highest BCUT2D eigenvalue weighted by Crippen LogP contribution is 2.34. The first-order valence-corrected chi connectivity index (χ1v) is 11.9. The van der Waals surface area contributed by atoms with Gasteiger partial charge < -0.3 is 20.9 Å². The first-order chi connectivity index (χ1) is 17.7. The molecule has 1 aliphatic heterocycles. The number of thioether (sulfide) groups is 1. The number of carboxylic acid groups (broad SMARTS) is 1. The van der Waals surface area contributed by atoms with Crippen LogP contribution in [0.2, 0.25) is 0 Å². The van der Waals surface area contributed by atoms with Crippen molar-refractivity contribution < 1.29 is 33.8 Å². The molecule has 3 aromatic rings. The summed E-state index contributed by atoms with van der Waals surface area (Å²) in [5, 5.41) is 10.8. The minimum atomic E-state index is -1.09. The van der Waals surface area contributed by atoms with E-state index in [4.69, 9.17) is 15.6 Å². The predicted molar refractivity (Wildman–Crippen MR) is 136 cm³/mol. The van der Waals surface area contributed by atoms with Crippen molar-refractivity contribution in [3.63, 3.8) is 0 Å². The van der Waals surface area contributed by atoms with E-state index >= 15 is 0 Å².